The summed E-state index contributed by atoms with van der Waals surface area (Å²) in [6.45, 7) is 5.34. The van der Waals surface area contributed by atoms with Crippen molar-refractivity contribution in [1.82, 2.24) is 15.1 Å². The molecule has 1 unspecified atom stereocenters. The van der Waals surface area contributed by atoms with Crippen LogP contribution >= 0.6 is 0 Å². The minimum atomic E-state index is 0.221. The maximum atomic E-state index is 4.56. The van der Waals surface area contributed by atoms with Gasteiger partial charge in [-0.15, -0.1) is 0 Å². The number of nitrogens with zero attached hydrogens (tertiary/aromatic N) is 2. The molecular weight excluding hydrogens is 234 g/mol. The molecule has 0 bridgehead atoms. The van der Waals surface area contributed by atoms with Crippen molar-refractivity contribution in [2.45, 2.75) is 32.7 Å². The minimum Gasteiger partial charge on any atom is -0.305 e. The van der Waals surface area contributed by atoms with Crippen LogP contribution in [0.1, 0.15) is 43.3 Å². The van der Waals surface area contributed by atoms with Gasteiger partial charge in [-0.05, 0) is 31.0 Å². The van der Waals surface area contributed by atoms with Gasteiger partial charge < -0.3 is 5.32 Å². The summed E-state index contributed by atoms with van der Waals surface area (Å²) in [6, 6.07) is 13.0. The number of rotatable bonds is 6. The molecule has 0 saturated heterocycles. The molecule has 0 spiro atoms. The Morgan fingerprint density at radius 2 is 1.95 bits per heavy atom. The van der Waals surface area contributed by atoms with Crippen LogP contribution in [0.15, 0.2) is 36.4 Å². The molecule has 0 aliphatic rings. The summed E-state index contributed by atoms with van der Waals surface area (Å²) in [5.41, 5.74) is 3.68. The Bertz CT molecular complexity index is 502. The maximum Gasteiger partial charge on any atom is 0.0748 e. The first-order chi connectivity index (χ1) is 9.26. The van der Waals surface area contributed by atoms with Gasteiger partial charge in [0.2, 0.25) is 0 Å². The highest BCUT2D eigenvalue weighted by molar-refractivity contribution is 5.29. The number of hydrogen-bond donors (Lipinski definition) is 1. The number of nitrogens with one attached hydrogen (secondary N) is 1. The Morgan fingerprint density at radius 3 is 2.53 bits per heavy atom. The average molecular weight is 257 g/mol. The molecule has 0 radical (unpaired) electrons. The number of benzene rings is 1. The molecule has 0 fully saturated rings. The van der Waals surface area contributed by atoms with Crippen molar-refractivity contribution >= 4 is 0 Å². The van der Waals surface area contributed by atoms with Gasteiger partial charge in [0.25, 0.3) is 0 Å². The molecule has 2 aromatic rings. The van der Waals surface area contributed by atoms with E-state index in [9.17, 15) is 0 Å². The van der Waals surface area contributed by atoms with E-state index in [1.54, 1.807) is 0 Å². The summed E-state index contributed by atoms with van der Waals surface area (Å²) < 4.78 is 2.00. The van der Waals surface area contributed by atoms with E-state index in [1.165, 1.54) is 11.3 Å². The van der Waals surface area contributed by atoms with Crippen LogP contribution in [0.25, 0.3) is 0 Å². The Hall–Kier alpha value is -1.61. The molecule has 2 rings (SSSR count). The Kier molecular flexibility index (Phi) is 4.74. The Morgan fingerprint density at radius 1 is 1.21 bits per heavy atom. The number of hydrogen-bond acceptors (Lipinski definition) is 2. The predicted molar refractivity (Wildman–Crippen MR) is 79.2 cm³/mol. The second-order valence-corrected chi connectivity index (χ2v) is 4.84. The van der Waals surface area contributed by atoms with Gasteiger partial charge in [0.05, 0.1) is 17.4 Å². The highest BCUT2D eigenvalue weighted by Crippen LogP contribution is 2.22. The van der Waals surface area contributed by atoms with Crippen molar-refractivity contribution in [3.63, 3.8) is 0 Å². The third kappa shape index (κ3) is 3.24. The van der Waals surface area contributed by atoms with Crippen LogP contribution in [-0.4, -0.2) is 16.3 Å². The molecule has 3 heteroatoms. The Labute approximate surface area is 115 Å². The van der Waals surface area contributed by atoms with E-state index >= 15 is 0 Å². The zero-order chi connectivity index (χ0) is 13.7. The number of aromatic nitrogens is 2. The van der Waals surface area contributed by atoms with E-state index in [1.807, 2.05) is 11.7 Å². The lowest BCUT2D eigenvalue weighted by Crippen LogP contribution is -2.25. The molecule has 1 heterocycles. The van der Waals surface area contributed by atoms with Gasteiger partial charge in [0.15, 0.2) is 0 Å². The van der Waals surface area contributed by atoms with Gasteiger partial charge in [0, 0.05) is 7.05 Å². The summed E-state index contributed by atoms with van der Waals surface area (Å²) in [5, 5.41) is 8.18. The molecule has 0 aliphatic heterocycles. The summed E-state index contributed by atoms with van der Waals surface area (Å²) in [7, 11) is 2.03. The Balaban J connectivity index is 2.34. The van der Waals surface area contributed by atoms with Crippen molar-refractivity contribution in [3.05, 3.63) is 53.3 Å². The van der Waals surface area contributed by atoms with Crippen LogP contribution in [0, 0.1) is 0 Å². The van der Waals surface area contributed by atoms with Crippen molar-refractivity contribution in [3.8, 4) is 0 Å². The SMILES string of the molecule is CCCNC(c1ccccc1)c1cc(CC)nn1C. The summed E-state index contributed by atoms with van der Waals surface area (Å²) >= 11 is 0. The monoisotopic (exact) mass is 257 g/mol. The molecular formula is C16H23N3. The summed E-state index contributed by atoms with van der Waals surface area (Å²) in [5.74, 6) is 0. The average Bonchev–Trinajstić information content (AvgIpc) is 2.82. The van der Waals surface area contributed by atoms with Crippen molar-refractivity contribution in [1.29, 1.82) is 0 Å². The first-order valence-corrected chi connectivity index (χ1v) is 7.07. The van der Waals surface area contributed by atoms with Crippen molar-refractivity contribution < 1.29 is 0 Å². The van der Waals surface area contributed by atoms with E-state index in [0.29, 0.717) is 0 Å². The second-order valence-electron chi connectivity index (χ2n) is 4.84. The zero-order valence-electron chi connectivity index (χ0n) is 12.1. The highest BCUT2D eigenvalue weighted by Gasteiger charge is 2.17. The molecule has 0 saturated carbocycles. The van der Waals surface area contributed by atoms with Gasteiger partial charge in [0.1, 0.15) is 0 Å². The molecule has 0 amide bonds. The summed E-state index contributed by atoms with van der Waals surface area (Å²) in [6.07, 6.45) is 2.10. The fourth-order valence-electron chi connectivity index (χ4n) is 2.31. The molecule has 1 N–H and O–H groups in total. The largest absolute Gasteiger partial charge is 0.305 e. The van der Waals surface area contributed by atoms with Gasteiger partial charge in [-0.25, -0.2) is 0 Å². The fraction of sp³-hybridized carbons (Fsp3) is 0.438. The third-order valence-electron chi connectivity index (χ3n) is 3.36. The normalized spacial score (nSPS) is 12.6. The molecule has 0 aliphatic carbocycles. The van der Waals surface area contributed by atoms with Crippen LogP contribution in [0.5, 0.6) is 0 Å². The van der Waals surface area contributed by atoms with E-state index < -0.39 is 0 Å². The van der Waals surface area contributed by atoms with Crippen LogP contribution in [0.2, 0.25) is 0 Å². The van der Waals surface area contributed by atoms with E-state index in [0.717, 1.165) is 25.1 Å². The third-order valence-corrected chi connectivity index (χ3v) is 3.36. The van der Waals surface area contributed by atoms with Gasteiger partial charge in [-0.2, -0.15) is 5.10 Å². The fourth-order valence-corrected chi connectivity index (χ4v) is 2.31. The zero-order valence-corrected chi connectivity index (χ0v) is 12.1. The lowest BCUT2D eigenvalue weighted by Gasteiger charge is -2.19. The topological polar surface area (TPSA) is 29.9 Å². The quantitative estimate of drug-likeness (QED) is 0.862. The van der Waals surface area contributed by atoms with Crippen LogP contribution in [0.3, 0.4) is 0 Å². The smallest absolute Gasteiger partial charge is 0.0748 e. The van der Waals surface area contributed by atoms with E-state index in [4.69, 9.17) is 0 Å². The summed E-state index contributed by atoms with van der Waals surface area (Å²) in [4.78, 5) is 0. The van der Waals surface area contributed by atoms with Gasteiger partial charge in [-0.1, -0.05) is 44.2 Å². The van der Waals surface area contributed by atoms with Gasteiger partial charge in [-0.3, -0.25) is 4.68 Å². The van der Waals surface area contributed by atoms with E-state index in [-0.39, 0.29) is 6.04 Å². The van der Waals surface area contributed by atoms with E-state index in [2.05, 4.69) is 60.7 Å². The van der Waals surface area contributed by atoms with Crippen molar-refractivity contribution in [2.24, 2.45) is 7.05 Å². The molecule has 1 aromatic heterocycles. The lowest BCUT2D eigenvalue weighted by molar-refractivity contribution is 0.553. The molecule has 102 valence electrons. The van der Waals surface area contributed by atoms with Crippen molar-refractivity contribution in [2.75, 3.05) is 6.54 Å². The number of aryl methyl sites for hydroxylation is 2. The first kappa shape index (κ1) is 13.8. The second kappa shape index (κ2) is 6.53. The highest BCUT2D eigenvalue weighted by atomic mass is 15.3. The standard InChI is InChI=1S/C16H23N3/c1-4-11-17-16(13-9-7-6-8-10-13)15-12-14(5-2)18-19(15)3/h6-10,12,16-17H,4-5,11H2,1-3H3. The van der Waals surface area contributed by atoms with Crippen LogP contribution in [0.4, 0.5) is 0 Å². The lowest BCUT2D eigenvalue weighted by atomic mass is 10.0. The molecule has 3 nitrogen and oxygen atoms in total. The molecule has 1 atom stereocenters. The maximum absolute atomic E-state index is 4.56. The first-order valence-electron chi connectivity index (χ1n) is 7.07. The van der Waals surface area contributed by atoms with Crippen LogP contribution < -0.4 is 5.32 Å². The van der Waals surface area contributed by atoms with Crippen LogP contribution in [-0.2, 0) is 13.5 Å². The van der Waals surface area contributed by atoms with Gasteiger partial charge >= 0.3 is 0 Å². The molecule has 1 aromatic carbocycles. The minimum absolute atomic E-state index is 0.221. The molecule has 19 heavy (non-hydrogen) atoms. The predicted octanol–water partition coefficient (Wildman–Crippen LogP) is 3.07.